The number of hydrogen-bond donors (Lipinski definition) is 0. The van der Waals surface area contributed by atoms with Gasteiger partial charge in [-0.3, -0.25) is 0 Å². The summed E-state index contributed by atoms with van der Waals surface area (Å²) < 4.78 is 32.1. The molecule has 0 fully saturated rings. The van der Waals surface area contributed by atoms with Gasteiger partial charge in [-0.1, -0.05) is 103 Å². The zero-order valence-electron chi connectivity index (χ0n) is 21.3. The molecule has 0 heterocycles. The average Bonchev–Trinajstić information content (AvgIpc) is 2.91. The summed E-state index contributed by atoms with van der Waals surface area (Å²) in [6.07, 6.45) is 0. The summed E-state index contributed by atoms with van der Waals surface area (Å²) in [6.45, 7) is 5.91. The molecule has 0 aromatic heterocycles. The van der Waals surface area contributed by atoms with Crippen molar-refractivity contribution in [3.63, 3.8) is 0 Å². The van der Waals surface area contributed by atoms with E-state index in [2.05, 4.69) is 0 Å². The summed E-state index contributed by atoms with van der Waals surface area (Å²) in [5.74, 6) is -0.781. The third-order valence-electron chi connectivity index (χ3n) is 6.47. The van der Waals surface area contributed by atoms with Crippen LogP contribution in [0.1, 0.15) is 20.8 Å². The largest absolute Gasteiger partial charge is 0.331 e. The van der Waals surface area contributed by atoms with Crippen molar-refractivity contribution in [1.29, 1.82) is 0 Å². The summed E-state index contributed by atoms with van der Waals surface area (Å²) in [5, 5.41) is 0. The first-order chi connectivity index (χ1) is 17.8. The molecule has 0 radical (unpaired) electrons. The molecule has 0 aliphatic carbocycles. The second-order valence-corrected chi connectivity index (χ2v) is 10.1. The Morgan fingerprint density at radius 3 is 1.70 bits per heavy atom. The molecule has 5 rings (SSSR count). The molecular weight excluding hydrogens is 460 g/mol. The predicted octanol–water partition coefficient (Wildman–Crippen LogP) is 9.90. The van der Waals surface area contributed by atoms with Gasteiger partial charge in [0, 0.05) is 16.7 Å². The van der Waals surface area contributed by atoms with Gasteiger partial charge in [-0.25, -0.2) is 8.78 Å². The van der Waals surface area contributed by atoms with Crippen LogP contribution in [0.4, 0.5) is 20.2 Å². The Kier molecular flexibility index (Phi) is 6.62. The van der Waals surface area contributed by atoms with Crippen LogP contribution in [0, 0.1) is 11.6 Å². The van der Waals surface area contributed by atoms with Crippen LogP contribution < -0.4 is 4.90 Å². The Morgan fingerprint density at radius 1 is 0.514 bits per heavy atom. The van der Waals surface area contributed by atoms with E-state index in [1.807, 2.05) is 118 Å². The highest BCUT2D eigenvalue weighted by Crippen LogP contribution is 2.45. The third kappa shape index (κ3) is 4.90. The van der Waals surface area contributed by atoms with Gasteiger partial charge in [0.1, 0.15) is 5.82 Å². The first-order valence-electron chi connectivity index (χ1n) is 12.4. The summed E-state index contributed by atoms with van der Waals surface area (Å²) in [7, 11) is 0. The maximum Gasteiger partial charge on any atom is 0.155 e. The van der Waals surface area contributed by atoms with Crippen LogP contribution in [0.15, 0.2) is 121 Å². The lowest BCUT2D eigenvalue weighted by Crippen LogP contribution is -2.39. The minimum atomic E-state index is -0.614. The minimum Gasteiger partial charge on any atom is -0.331 e. The Balaban J connectivity index is 1.77. The van der Waals surface area contributed by atoms with Crippen molar-refractivity contribution < 1.29 is 8.78 Å². The van der Waals surface area contributed by atoms with E-state index in [9.17, 15) is 0 Å². The molecule has 37 heavy (non-hydrogen) atoms. The average molecular weight is 490 g/mol. The van der Waals surface area contributed by atoms with Gasteiger partial charge >= 0.3 is 0 Å². The fourth-order valence-corrected chi connectivity index (χ4v) is 4.80. The molecule has 0 saturated carbocycles. The molecule has 5 aromatic rings. The number of benzene rings is 5. The molecule has 0 amide bonds. The monoisotopic (exact) mass is 489 g/mol. The van der Waals surface area contributed by atoms with E-state index in [-0.39, 0.29) is 5.82 Å². The summed E-state index contributed by atoms with van der Waals surface area (Å²) in [5.41, 5.74) is 4.96. The zero-order chi connectivity index (χ0) is 26.0. The fraction of sp³-hybridized carbons (Fsp3) is 0.118. The van der Waals surface area contributed by atoms with E-state index in [0.29, 0.717) is 22.5 Å². The fourth-order valence-electron chi connectivity index (χ4n) is 4.80. The van der Waals surface area contributed by atoms with Crippen molar-refractivity contribution in [2.24, 2.45) is 0 Å². The highest BCUT2D eigenvalue weighted by molar-refractivity contribution is 5.88. The standard InChI is InChI=1S/C34H29F2N/c1-34(2,3)37(31-20-11-10-19-30(31)35)33-29(25-15-8-5-9-16-25)22-21-28(32(33)36)27-18-12-17-26(23-27)24-13-6-4-7-14-24/h4-23H,1-3H3. The SMILES string of the molecule is CC(C)(C)N(c1ccccc1F)c1c(-c2ccccc2)ccc(-c2cccc(-c3ccccc3)c2)c1F. The highest BCUT2D eigenvalue weighted by atomic mass is 19.1. The maximum atomic E-state index is 16.9. The zero-order valence-corrected chi connectivity index (χ0v) is 21.3. The van der Waals surface area contributed by atoms with E-state index in [4.69, 9.17) is 0 Å². The van der Waals surface area contributed by atoms with Gasteiger partial charge < -0.3 is 4.90 Å². The number of rotatable bonds is 5. The van der Waals surface area contributed by atoms with Gasteiger partial charge in [-0.2, -0.15) is 0 Å². The number of para-hydroxylation sites is 1. The van der Waals surface area contributed by atoms with E-state index >= 15 is 8.78 Å². The normalized spacial score (nSPS) is 11.4. The van der Waals surface area contributed by atoms with Crippen LogP contribution in [0.3, 0.4) is 0 Å². The van der Waals surface area contributed by atoms with Crippen molar-refractivity contribution in [1.82, 2.24) is 0 Å². The van der Waals surface area contributed by atoms with Crippen LogP contribution in [0.25, 0.3) is 33.4 Å². The number of hydrogen-bond acceptors (Lipinski definition) is 1. The molecule has 5 aromatic carbocycles. The van der Waals surface area contributed by atoms with Crippen molar-refractivity contribution >= 4 is 11.4 Å². The first kappa shape index (κ1) is 24.5. The van der Waals surface area contributed by atoms with Gasteiger partial charge in [0.25, 0.3) is 0 Å². The van der Waals surface area contributed by atoms with E-state index in [1.165, 1.54) is 6.07 Å². The van der Waals surface area contributed by atoms with Crippen LogP contribution >= 0.6 is 0 Å². The minimum absolute atomic E-state index is 0.335. The molecule has 0 bridgehead atoms. The van der Waals surface area contributed by atoms with Crippen LogP contribution in [0.5, 0.6) is 0 Å². The van der Waals surface area contributed by atoms with Crippen molar-refractivity contribution in [2.45, 2.75) is 26.3 Å². The van der Waals surface area contributed by atoms with Gasteiger partial charge in [-0.05, 0) is 61.2 Å². The first-order valence-corrected chi connectivity index (χ1v) is 12.4. The molecule has 0 aliphatic rings. The van der Waals surface area contributed by atoms with E-state index in [1.54, 1.807) is 23.1 Å². The van der Waals surface area contributed by atoms with Crippen molar-refractivity contribution in [3.8, 4) is 33.4 Å². The second-order valence-electron chi connectivity index (χ2n) is 10.1. The third-order valence-corrected chi connectivity index (χ3v) is 6.47. The lowest BCUT2D eigenvalue weighted by atomic mass is 9.92. The van der Waals surface area contributed by atoms with Crippen molar-refractivity contribution in [2.75, 3.05) is 4.90 Å². The molecule has 1 nitrogen and oxygen atoms in total. The smallest absolute Gasteiger partial charge is 0.155 e. The Labute approximate surface area is 217 Å². The molecule has 184 valence electrons. The topological polar surface area (TPSA) is 3.24 Å². The number of anilines is 2. The van der Waals surface area contributed by atoms with E-state index < -0.39 is 11.4 Å². The van der Waals surface area contributed by atoms with Gasteiger partial charge in [0.05, 0.1) is 11.4 Å². The predicted molar refractivity (Wildman–Crippen MR) is 151 cm³/mol. The highest BCUT2D eigenvalue weighted by Gasteiger charge is 2.31. The molecule has 3 heteroatoms. The van der Waals surface area contributed by atoms with Gasteiger partial charge in [0.2, 0.25) is 0 Å². The van der Waals surface area contributed by atoms with Gasteiger partial charge in [-0.15, -0.1) is 0 Å². The molecule has 0 saturated heterocycles. The molecular formula is C34H29F2N. The van der Waals surface area contributed by atoms with E-state index in [0.717, 1.165) is 22.3 Å². The van der Waals surface area contributed by atoms with Gasteiger partial charge in [0.15, 0.2) is 5.82 Å². The van der Waals surface area contributed by atoms with Crippen LogP contribution in [0.2, 0.25) is 0 Å². The Bertz CT molecular complexity index is 1520. The quantitative estimate of drug-likeness (QED) is 0.237. The molecule has 0 atom stereocenters. The van der Waals surface area contributed by atoms with Crippen molar-refractivity contribution in [3.05, 3.63) is 133 Å². The molecule has 0 unspecified atom stereocenters. The molecule has 0 N–H and O–H groups in total. The Morgan fingerprint density at radius 2 is 1.05 bits per heavy atom. The maximum absolute atomic E-state index is 16.9. The summed E-state index contributed by atoms with van der Waals surface area (Å²) >= 11 is 0. The molecule has 0 aliphatic heterocycles. The van der Waals surface area contributed by atoms with Crippen LogP contribution in [-0.2, 0) is 0 Å². The lowest BCUT2D eigenvalue weighted by Gasteiger charge is -2.39. The lowest BCUT2D eigenvalue weighted by molar-refractivity contribution is 0.528. The second kappa shape index (κ2) is 10.0. The summed E-state index contributed by atoms with van der Waals surface area (Å²) in [4.78, 5) is 1.78. The number of halogens is 2. The number of nitrogens with zero attached hydrogens (tertiary/aromatic N) is 1. The van der Waals surface area contributed by atoms with Crippen LogP contribution in [-0.4, -0.2) is 5.54 Å². The molecule has 0 spiro atoms. The summed E-state index contributed by atoms with van der Waals surface area (Å²) in [6, 6.07) is 38.0. The Hall–Kier alpha value is -4.24.